The Balaban J connectivity index is 1.41. The van der Waals surface area contributed by atoms with E-state index in [-0.39, 0.29) is 43.1 Å². The molecule has 1 aliphatic heterocycles. The number of nitro benzene ring substituents is 1. The molecule has 2 N–H and O–H groups in total. The molecule has 1 aliphatic rings. The number of hydrogen-bond donors (Lipinski definition) is 2. The Labute approximate surface area is 188 Å². The van der Waals surface area contributed by atoms with Gasteiger partial charge in [0.1, 0.15) is 0 Å². The normalized spacial score (nSPS) is 12.3. The Morgan fingerprint density at radius 2 is 1.73 bits per heavy atom. The van der Waals surface area contributed by atoms with E-state index >= 15 is 0 Å². The number of esters is 1. The smallest absolute Gasteiger partial charge is 0.338 e. The van der Waals surface area contributed by atoms with Crippen LogP contribution in [0.4, 0.5) is 10.5 Å². The van der Waals surface area contributed by atoms with Crippen LogP contribution in [0.2, 0.25) is 0 Å². The van der Waals surface area contributed by atoms with Gasteiger partial charge in [-0.3, -0.25) is 24.6 Å². The second kappa shape index (κ2) is 10.4. The number of nitrogens with zero attached hydrogens (tertiary/aromatic N) is 2. The van der Waals surface area contributed by atoms with Crippen molar-refractivity contribution in [1.82, 2.24) is 15.5 Å². The standard InChI is InChI=1S/C22H22N4O7/c1-2-33-21(29)15-6-4-14(5-7-15)13-24-22(30)23-10-3-11-25-19(27)17-9-8-16(26(31)32)12-18(17)20(25)28/h4-9,12H,2-3,10-11,13H2,1H3,(H2,23,24,30). The average molecular weight is 454 g/mol. The Morgan fingerprint density at radius 3 is 2.39 bits per heavy atom. The minimum Gasteiger partial charge on any atom is -0.462 e. The van der Waals surface area contributed by atoms with Crippen LogP contribution in [-0.2, 0) is 11.3 Å². The summed E-state index contributed by atoms with van der Waals surface area (Å²) in [6.45, 7) is 2.53. The zero-order valence-electron chi connectivity index (χ0n) is 17.8. The lowest BCUT2D eigenvalue weighted by atomic mass is 10.1. The number of carbonyl (C=O) groups excluding carboxylic acids is 4. The highest BCUT2D eigenvalue weighted by molar-refractivity contribution is 6.21. The maximum absolute atomic E-state index is 12.4. The number of fused-ring (bicyclic) bond motifs is 1. The van der Waals surface area contributed by atoms with E-state index in [0.29, 0.717) is 12.0 Å². The third-order valence-corrected chi connectivity index (χ3v) is 4.93. The molecule has 0 saturated carbocycles. The lowest BCUT2D eigenvalue weighted by molar-refractivity contribution is -0.384. The molecule has 172 valence electrons. The second-order valence-corrected chi connectivity index (χ2v) is 7.13. The van der Waals surface area contributed by atoms with Crippen molar-refractivity contribution in [2.24, 2.45) is 0 Å². The number of rotatable bonds is 9. The van der Waals surface area contributed by atoms with Crippen LogP contribution in [0.1, 0.15) is 50.0 Å². The summed E-state index contributed by atoms with van der Waals surface area (Å²) in [5.41, 5.74) is 1.09. The maximum atomic E-state index is 12.4. The first-order chi connectivity index (χ1) is 15.8. The van der Waals surface area contributed by atoms with Crippen LogP contribution in [0.15, 0.2) is 42.5 Å². The molecule has 0 aliphatic carbocycles. The number of amides is 4. The molecule has 0 atom stereocenters. The summed E-state index contributed by atoms with van der Waals surface area (Å²) >= 11 is 0. The van der Waals surface area contributed by atoms with Gasteiger partial charge >= 0.3 is 12.0 Å². The van der Waals surface area contributed by atoms with Crippen LogP contribution in [0.25, 0.3) is 0 Å². The highest BCUT2D eigenvalue weighted by atomic mass is 16.6. The van der Waals surface area contributed by atoms with Crippen molar-refractivity contribution < 1.29 is 28.8 Å². The number of ether oxygens (including phenoxy) is 1. The van der Waals surface area contributed by atoms with Gasteiger partial charge in [0.15, 0.2) is 0 Å². The molecule has 11 nitrogen and oxygen atoms in total. The molecule has 0 unspecified atom stereocenters. The Hall–Kier alpha value is -4.28. The Morgan fingerprint density at radius 1 is 1.03 bits per heavy atom. The zero-order valence-corrected chi connectivity index (χ0v) is 17.8. The van der Waals surface area contributed by atoms with E-state index in [2.05, 4.69) is 10.6 Å². The molecule has 1 heterocycles. The first kappa shape index (κ1) is 23.4. The fraction of sp³-hybridized carbons (Fsp3) is 0.273. The summed E-state index contributed by atoms with van der Waals surface area (Å²) in [7, 11) is 0. The second-order valence-electron chi connectivity index (χ2n) is 7.13. The van der Waals surface area contributed by atoms with Crippen LogP contribution in [0.3, 0.4) is 0 Å². The van der Waals surface area contributed by atoms with Gasteiger partial charge in [0.05, 0.1) is 28.2 Å². The van der Waals surface area contributed by atoms with Gasteiger partial charge in [-0.05, 0) is 37.1 Å². The number of non-ortho nitro benzene ring substituents is 1. The molecule has 3 rings (SSSR count). The third-order valence-electron chi connectivity index (χ3n) is 4.93. The van der Waals surface area contributed by atoms with Crippen LogP contribution in [0.5, 0.6) is 0 Å². The molecule has 0 bridgehead atoms. The highest BCUT2D eigenvalue weighted by Crippen LogP contribution is 2.26. The fourth-order valence-electron chi connectivity index (χ4n) is 3.25. The van der Waals surface area contributed by atoms with Crippen molar-refractivity contribution in [2.45, 2.75) is 19.9 Å². The lowest BCUT2D eigenvalue weighted by Crippen LogP contribution is -2.37. The predicted octanol–water partition coefficient (Wildman–Crippen LogP) is 2.26. The summed E-state index contributed by atoms with van der Waals surface area (Å²) in [5, 5.41) is 16.2. The molecular formula is C22H22N4O7. The Kier molecular flexibility index (Phi) is 7.34. The molecule has 4 amide bonds. The predicted molar refractivity (Wildman–Crippen MR) is 116 cm³/mol. The van der Waals surface area contributed by atoms with Crippen LogP contribution in [-0.4, -0.2) is 53.3 Å². The van der Waals surface area contributed by atoms with Gasteiger partial charge in [-0.25, -0.2) is 9.59 Å². The van der Waals surface area contributed by atoms with E-state index in [9.17, 15) is 29.3 Å². The quantitative estimate of drug-likeness (QED) is 0.194. The van der Waals surface area contributed by atoms with Crippen LogP contribution < -0.4 is 10.6 Å². The van der Waals surface area contributed by atoms with E-state index in [0.717, 1.165) is 16.5 Å². The van der Waals surface area contributed by atoms with Crippen LogP contribution in [0, 0.1) is 10.1 Å². The van der Waals surface area contributed by atoms with Crippen molar-refractivity contribution in [3.05, 3.63) is 74.8 Å². The SMILES string of the molecule is CCOC(=O)c1ccc(CNC(=O)NCCCN2C(=O)c3ccc([N+](=O)[O-])cc3C2=O)cc1. The molecule has 0 aromatic heterocycles. The Bertz CT molecular complexity index is 1100. The van der Waals surface area contributed by atoms with Gasteiger partial charge in [-0.15, -0.1) is 0 Å². The van der Waals surface area contributed by atoms with E-state index in [1.165, 1.54) is 12.1 Å². The summed E-state index contributed by atoms with van der Waals surface area (Å²) in [4.78, 5) is 59.7. The minimum atomic E-state index is -0.627. The average Bonchev–Trinajstić information content (AvgIpc) is 3.05. The largest absolute Gasteiger partial charge is 0.462 e. The first-order valence-electron chi connectivity index (χ1n) is 10.2. The summed E-state index contributed by atoms with van der Waals surface area (Å²) in [5.74, 6) is -1.51. The first-order valence-corrected chi connectivity index (χ1v) is 10.2. The molecule has 33 heavy (non-hydrogen) atoms. The summed E-state index contributed by atoms with van der Waals surface area (Å²) in [6.07, 6.45) is 0.315. The van der Waals surface area contributed by atoms with Crippen molar-refractivity contribution in [1.29, 1.82) is 0 Å². The van der Waals surface area contributed by atoms with E-state index in [1.807, 2.05) is 0 Å². The molecule has 11 heteroatoms. The topological polar surface area (TPSA) is 148 Å². The van der Waals surface area contributed by atoms with Crippen molar-refractivity contribution in [3.63, 3.8) is 0 Å². The number of imide groups is 1. The number of benzene rings is 2. The molecule has 0 saturated heterocycles. The van der Waals surface area contributed by atoms with Crippen molar-refractivity contribution >= 4 is 29.5 Å². The molecule has 0 radical (unpaired) electrons. The van der Waals surface area contributed by atoms with Crippen molar-refractivity contribution in [2.75, 3.05) is 19.7 Å². The molecular weight excluding hydrogens is 432 g/mol. The third kappa shape index (κ3) is 5.50. The van der Waals surface area contributed by atoms with Gasteiger partial charge in [-0.1, -0.05) is 12.1 Å². The van der Waals surface area contributed by atoms with Crippen LogP contribution >= 0.6 is 0 Å². The number of nitrogens with one attached hydrogen (secondary N) is 2. The van der Waals surface area contributed by atoms with Gasteiger partial charge in [0.25, 0.3) is 17.5 Å². The van der Waals surface area contributed by atoms with Gasteiger partial charge < -0.3 is 15.4 Å². The monoisotopic (exact) mass is 454 g/mol. The molecule has 0 spiro atoms. The van der Waals surface area contributed by atoms with Crippen molar-refractivity contribution in [3.8, 4) is 0 Å². The number of nitro groups is 1. The fourth-order valence-corrected chi connectivity index (χ4v) is 3.25. The number of urea groups is 1. The number of hydrogen-bond acceptors (Lipinski definition) is 7. The zero-order chi connectivity index (χ0) is 24.0. The van der Waals surface area contributed by atoms with E-state index < -0.39 is 28.7 Å². The molecule has 2 aromatic rings. The summed E-state index contributed by atoms with van der Waals surface area (Å²) < 4.78 is 4.91. The highest BCUT2D eigenvalue weighted by Gasteiger charge is 2.36. The van der Waals surface area contributed by atoms with E-state index in [4.69, 9.17) is 4.74 Å². The van der Waals surface area contributed by atoms with Gasteiger partial charge in [0.2, 0.25) is 0 Å². The maximum Gasteiger partial charge on any atom is 0.338 e. The minimum absolute atomic E-state index is 0.00822. The molecule has 0 fully saturated rings. The van der Waals surface area contributed by atoms with Gasteiger partial charge in [-0.2, -0.15) is 0 Å². The molecule has 2 aromatic carbocycles. The number of carbonyl (C=O) groups is 4. The summed E-state index contributed by atoms with van der Waals surface area (Å²) in [6, 6.07) is 9.77. The van der Waals surface area contributed by atoms with Gasteiger partial charge in [0, 0.05) is 31.8 Å². The lowest BCUT2D eigenvalue weighted by Gasteiger charge is -2.14. The van der Waals surface area contributed by atoms with E-state index in [1.54, 1.807) is 31.2 Å².